The van der Waals surface area contributed by atoms with E-state index in [1.165, 1.54) is 11.8 Å². The summed E-state index contributed by atoms with van der Waals surface area (Å²) in [6.07, 6.45) is 0.162. The standard InChI is InChI=1S/C21H25BN4O7S2/c1-12(27)15-4-2-3-13-9-14(22(30)33-19(13)15)10-17(28)18(16-11-34-20(23)24-16)25-21(29)26-5-7-35(31,32)8-6-26/h2-4,11,14,18,30H,5-10H2,1H3,(H2,23,24)(H,25,29)/t14-,18?/m1/s1. The third-order valence-electron chi connectivity index (χ3n) is 6.12. The Balaban J connectivity index is 1.50. The van der Waals surface area contributed by atoms with Crippen LogP contribution in [-0.4, -0.2) is 72.6 Å². The molecule has 0 radical (unpaired) electrons. The third kappa shape index (κ3) is 5.65. The molecule has 1 aromatic heterocycles. The number of aromatic nitrogens is 1. The monoisotopic (exact) mass is 520 g/mol. The SMILES string of the molecule is CC(=O)c1cccc2c1OB(O)[C@@H](CC(=O)C(NC(=O)N1CCS(=O)(=O)CC1)c1csc(N)n1)C2. The van der Waals surface area contributed by atoms with Crippen molar-refractivity contribution in [2.24, 2.45) is 0 Å². The molecule has 2 aromatic rings. The number of fused-ring (bicyclic) bond motifs is 1. The molecule has 1 unspecified atom stereocenters. The van der Waals surface area contributed by atoms with Gasteiger partial charge in [0.1, 0.15) is 11.8 Å². The van der Waals surface area contributed by atoms with Crippen LogP contribution in [0.2, 0.25) is 5.82 Å². The van der Waals surface area contributed by atoms with Crippen LogP contribution in [0.1, 0.15) is 41.0 Å². The van der Waals surface area contributed by atoms with E-state index in [4.69, 9.17) is 10.4 Å². The van der Waals surface area contributed by atoms with Crippen LogP contribution in [0, 0.1) is 0 Å². The zero-order valence-corrected chi connectivity index (χ0v) is 20.6. The maximum absolute atomic E-state index is 13.3. The zero-order valence-electron chi connectivity index (χ0n) is 19.0. The first-order valence-electron chi connectivity index (χ1n) is 11.0. The van der Waals surface area contributed by atoms with Crippen molar-refractivity contribution < 1.29 is 32.5 Å². The Hall–Kier alpha value is -2.97. The minimum absolute atomic E-state index is 0.0265. The number of sulfone groups is 1. The molecule has 3 heterocycles. The predicted octanol–water partition coefficient (Wildman–Crippen LogP) is 0.854. The summed E-state index contributed by atoms with van der Waals surface area (Å²) in [5.41, 5.74) is 7.06. The van der Waals surface area contributed by atoms with Gasteiger partial charge in [0.2, 0.25) is 0 Å². The molecule has 2 aliphatic rings. The topological polar surface area (TPSA) is 169 Å². The summed E-state index contributed by atoms with van der Waals surface area (Å²) in [5.74, 6) is -1.20. The molecule has 35 heavy (non-hydrogen) atoms. The number of hydrogen-bond acceptors (Lipinski definition) is 10. The fourth-order valence-corrected chi connectivity index (χ4v) is 5.98. The van der Waals surface area contributed by atoms with Crippen LogP contribution < -0.4 is 15.7 Å². The number of nitrogen functional groups attached to an aromatic ring is 1. The quantitative estimate of drug-likeness (QED) is 0.369. The highest BCUT2D eigenvalue weighted by molar-refractivity contribution is 7.91. The van der Waals surface area contributed by atoms with Gasteiger partial charge >= 0.3 is 13.1 Å². The Morgan fingerprint density at radius 3 is 2.69 bits per heavy atom. The van der Waals surface area contributed by atoms with Crippen LogP contribution in [0.3, 0.4) is 0 Å². The largest absolute Gasteiger partial charge is 0.535 e. The molecule has 0 spiro atoms. The van der Waals surface area contributed by atoms with Gasteiger partial charge in [-0.25, -0.2) is 18.2 Å². The first-order valence-corrected chi connectivity index (χ1v) is 13.7. The van der Waals surface area contributed by atoms with E-state index in [1.807, 2.05) is 0 Å². The lowest BCUT2D eigenvalue weighted by Gasteiger charge is -2.30. The van der Waals surface area contributed by atoms with Crippen LogP contribution >= 0.6 is 11.3 Å². The summed E-state index contributed by atoms with van der Waals surface area (Å²) >= 11 is 1.12. The van der Waals surface area contributed by atoms with Gasteiger partial charge < -0.3 is 25.6 Å². The van der Waals surface area contributed by atoms with E-state index in [0.29, 0.717) is 23.3 Å². The molecule has 4 rings (SSSR count). The molecule has 186 valence electrons. The van der Waals surface area contributed by atoms with Gasteiger partial charge in [-0.2, -0.15) is 0 Å². The van der Waals surface area contributed by atoms with E-state index in [0.717, 1.165) is 11.3 Å². The number of para-hydroxylation sites is 1. The second kappa shape index (κ2) is 9.95. The lowest BCUT2D eigenvalue weighted by molar-refractivity contribution is -0.121. The van der Waals surface area contributed by atoms with Gasteiger partial charge in [0, 0.05) is 30.7 Å². The van der Waals surface area contributed by atoms with Crippen molar-refractivity contribution in [3.63, 3.8) is 0 Å². The van der Waals surface area contributed by atoms with E-state index >= 15 is 0 Å². The van der Waals surface area contributed by atoms with Gasteiger partial charge in [-0.15, -0.1) is 11.3 Å². The highest BCUT2D eigenvalue weighted by atomic mass is 32.2. The van der Waals surface area contributed by atoms with E-state index < -0.39 is 40.6 Å². The number of nitrogens with zero attached hydrogens (tertiary/aromatic N) is 2. The minimum Gasteiger partial charge on any atom is -0.535 e. The molecule has 0 saturated carbocycles. The number of nitrogens with two attached hydrogens (primary N) is 1. The van der Waals surface area contributed by atoms with E-state index in [-0.39, 0.29) is 47.6 Å². The second-order valence-electron chi connectivity index (χ2n) is 8.63. The predicted molar refractivity (Wildman–Crippen MR) is 130 cm³/mol. The molecule has 4 N–H and O–H groups in total. The summed E-state index contributed by atoms with van der Waals surface area (Å²) in [5, 5.41) is 15.0. The first kappa shape index (κ1) is 25.1. The molecule has 2 amide bonds. The molecule has 11 nitrogen and oxygen atoms in total. The molecule has 1 saturated heterocycles. The molecular weight excluding hydrogens is 495 g/mol. The smallest absolute Gasteiger partial charge is 0.526 e. The maximum atomic E-state index is 13.3. The molecule has 0 aliphatic carbocycles. The Morgan fingerprint density at radius 1 is 1.34 bits per heavy atom. The maximum Gasteiger partial charge on any atom is 0.526 e. The van der Waals surface area contributed by atoms with Gasteiger partial charge in [0.25, 0.3) is 0 Å². The van der Waals surface area contributed by atoms with E-state index in [9.17, 15) is 27.8 Å². The average molecular weight is 520 g/mol. The fourth-order valence-electron chi connectivity index (χ4n) is 4.19. The van der Waals surface area contributed by atoms with Gasteiger partial charge in [-0.05, 0) is 25.0 Å². The number of benzene rings is 1. The number of urea groups is 1. The van der Waals surface area contributed by atoms with E-state index in [2.05, 4.69) is 10.3 Å². The van der Waals surface area contributed by atoms with Gasteiger partial charge in [0.15, 0.2) is 26.5 Å². The zero-order chi connectivity index (χ0) is 25.3. The van der Waals surface area contributed by atoms with Crippen LogP contribution in [0.5, 0.6) is 5.75 Å². The van der Waals surface area contributed by atoms with Gasteiger partial charge in [-0.1, -0.05) is 12.1 Å². The van der Waals surface area contributed by atoms with Crippen molar-refractivity contribution in [2.45, 2.75) is 31.6 Å². The van der Waals surface area contributed by atoms with Crippen molar-refractivity contribution in [1.82, 2.24) is 15.2 Å². The molecule has 14 heteroatoms. The van der Waals surface area contributed by atoms with Crippen molar-refractivity contribution in [3.05, 3.63) is 40.4 Å². The van der Waals surface area contributed by atoms with Crippen LogP contribution in [0.25, 0.3) is 0 Å². The first-order chi connectivity index (χ1) is 16.5. The van der Waals surface area contributed by atoms with Crippen molar-refractivity contribution in [1.29, 1.82) is 0 Å². The van der Waals surface area contributed by atoms with Gasteiger partial charge in [0.05, 0.1) is 22.8 Å². The normalized spacial score (nSPS) is 19.9. The van der Waals surface area contributed by atoms with Crippen molar-refractivity contribution >= 4 is 51.0 Å². The Bertz CT molecular complexity index is 1250. The second-order valence-corrected chi connectivity index (χ2v) is 11.8. The molecule has 2 aliphatic heterocycles. The van der Waals surface area contributed by atoms with Crippen LogP contribution in [-0.2, 0) is 21.1 Å². The van der Waals surface area contributed by atoms with Crippen LogP contribution in [0.4, 0.5) is 9.93 Å². The number of carbonyl (C=O) groups is 3. The number of anilines is 1. The minimum atomic E-state index is -3.18. The van der Waals surface area contributed by atoms with Crippen molar-refractivity contribution in [3.8, 4) is 5.75 Å². The summed E-state index contributed by atoms with van der Waals surface area (Å²) in [6, 6.07) is 3.39. The molecular formula is C21H25BN4O7S2. The summed E-state index contributed by atoms with van der Waals surface area (Å²) in [7, 11) is -4.50. The Kier molecular flexibility index (Phi) is 7.15. The number of nitrogens with one attached hydrogen (secondary N) is 1. The third-order valence-corrected chi connectivity index (χ3v) is 8.42. The number of carbonyl (C=O) groups excluding carboxylic acids is 3. The number of thiazole rings is 1. The number of Topliss-reactive ketones (excluding diaryl/α,β-unsaturated/α-hetero) is 2. The Morgan fingerprint density at radius 2 is 2.06 bits per heavy atom. The number of ketones is 2. The van der Waals surface area contributed by atoms with Gasteiger partial charge in [-0.3, -0.25) is 9.59 Å². The molecule has 1 fully saturated rings. The lowest BCUT2D eigenvalue weighted by Crippen LogP contribution is -2.50. The molecule has 2 atom stereocenters. The summed E-state index contributed by atoms with van der Waals surface area (Å²) < 4.78 is 29.0. The van der Waals surface area contributed by atoms with Crippen molar-refractivity contribution in [2.75, 3.05) is 30.3 Å². The lowest BCUT2D eigenvalue weighted by atomic mass is 9.64. The average Bonchev–Trinajstić information content (AvgIpc) is 3.23. The summed E-state index contributed by atoms with van der Waals surface area (Å²) in [4.78, 5) is 43.6. The Labute approximate surface area is 206 Å². The summed E-state index contributed by atoms with van der Waals surface area (Å²) in [6.45, 7) is 1.46. The molecule has 1 aromatic carbocycles. The van der Waals surface area contributed by atoms with Crippen LogP contribution in [0.15, 0.2) is 23.6 Å². The molecule has 0 bridgehead atoms. The number of amides is 2. The highest BCUT2D eigenvalue weighted by Gasteiger charge is 2.40. The number of hydrogen-bond donors (Lipinski definition) is 3. The van der Waals surface area contributed by atoms with E-state index in [1.54, 1.807) is 23.6 Å². The highest BCUT2D eigenvalue weighted by Crippen LogP contribution is 2.37. The fraction of sp³-hybridized carbons (Fsp3) is 0.429. The number of rotatable bonds is 6.